The zero-order chi connectivity index (χ0) is 20.8. The van der Waals surface area contributed by atoms with Crippen LogP contribution in [-0.2, 0) is 4.79 Å². The van der Waals surface area contributed by atoms with Gasteiger partial charge >= 0.3 is 0 Å². The van der Waals surface area contributed by atoms with Gasteiger partial charge in [-0.3, -0.25) is 14.9 Å². The molecule has 0 spiro atoms. The van der Waals surface area contributed by atoms with E-state index in [1.807, 2.05) is 32.9 Å². The number of aryl methyl sites for hydroxylation is 2. The van der Waals surface area contributed by atoms with E-state index in [4.69, 9.17) is 9.47 Å². The van der Waals surface area contributed by atoms with Crippen molar-refractivity contribution >= 4 is 17.8 Å². The average molecular weight is 387 g/mol. The third-order valence-electron chi connectivity index (χ3n) is 4.13. The van der Waals surface area contributed by atoms with Crippen LogP contribution in [0.1, 0.15) is 22.3 Å². The second kappa shape index (κ2) is 8.85. The number of non-ortho nitro benzene ring substituents is 1. The van der Waals surface area contributed by atoms with Crippen molar-refractivity contribution in [2.24, 2.45) is 5.10 Å². The van der Waals surface area contributed by atoms with E-state index in [1.165, 1.54) is 7.11 Å². The fraction of sp³-hybridized carbons (Fsp3) is 0.263. The summed E-state index contributed by atoms with van der Waals surface area (Å²) in [5.41, 5.74) is 4.91. The van der Waals surface area contributed by atoms with E-state index in [-0.39, 0.29) is 29.4 Å². The van der Waals surface area contributed by atoms with Crippen LogP contribution in [0, 0.1) is 30.9 Å². The number of hydrazone groups is 1. The number of hydrogen-bond donors (Lipinski definition) is 2. The largest absolute Gasteiger partial charge is 0.504 e. The van der Waals surface area contributed by atoms with Gasteiger partial charge in [-0.25, -0.2) is 5.43 Å². The number of ether oxygens (including phenoxy) is 2. The van der Waals surface area contributed by atoms with Crippen molar-refractivity contribution in [3.8, 4) is 17.2 Å². The van der Waals surface area contributed by atoms with Gasteiger partial charge in [0.05, 0.1) is 24.3 Å². The van der Waals surface area contributed by atoms with Crippen molar-refractivity contribution in [2.75, 3.05) is 13.7 Å². The molecule has 0 saturated carbocycles. The Labute approximate surface area is 161 Å². The number of carbonyl (C=O) groups is 1. The lowest BCUT2D eigenvalue weighted by atomic mass is 10.1. The van der Waals surface area contributed by atoms with Crippen LogP contribution in [0.15, 0.2) is 29.4 Å². The zero-order valence-electron chi connectivity index (χ0n) is 16.0. The molecular weight excluding hydrogens is 366 g/mol. The van der Waals surface area contributed by atoms with Gasteiger partial charge in [0.25, 0.3) is 11.6 Å². The van der Waals surface area contributed by atoms with Crippen LogP contribution in [0.4, 0.5) is 5.69 Å². The topological polar surface area (TPSA) is 123 Å². The fourth-order valence-electron chi connectivity index (χ4n) is 2.47. The number of nitro groups is 1. The Bertz CT molecular complexity index is 940. The van der Waals surface area contributed by atoms with Crippen LogP contribution in [0.5, 0.6) is 17.2 Å². The molecule has 2 N–H and O–H groups in total. The Hall–Kier alpha value is -3.62. The second-order valence-corrected chi connectivity index (χ2v) is 6.08. The number of phenols is 1. The van der Waals surface area contributed by atoms with E-state index in [9.17, 15) is 20.0 Å². The van der Waals surface area contributed by atoms with Crippen LogP contribution in [0.25, 0.3) is 0 Å². The zero-order valence-corrected chi connectivity index (χ0v) is 16.0. The normalized spacial score (nSPS) is 10.7. The Morgan fingerprint density at radius 3 is 2.61 bits per heavy atom. The molecule has 2 aromatic carbocycles. The van der Waals surface area contributed by atoms with Crippen LogP contribution >= 0.6 is 0 Å². The summed E-state index contributed by atoms with van der Waals surface area (Å²) in [6.45, 7) is 5.49. The number of rotatable bonds is 7. The number of methoxy groups -OCH3 is 1. The molecule has 148 valence electrons. The molecule has 0 atom stereocenters. The molecule has 0 saturated heterocycles. The van der Waals surface area contributed by atoms with Crippen LogP contribution in [0.2, 0.25) is 0 Å². The molecule has 9 heteroatoms. The van der Waals surface area contributed by atoms with E-state index in [0.717, 1.165) is 35.0 Å². The molecule has 0 fully saturated rings. The molecule has 0 bridgehead atoms. The first-order chi connectivity index (χ1) is 13.2. The standard InChI is InChI=1S/C19H21N3O6/c1-11-5-6-12(2)19(13(11)3)28-10-17(23)21-20-9-14-7-15(22(25)26)8-16(27-4)18(14)24/h5-9,24H,10H2,1-4H3,(H,21,23). The van der Waals surface area contributed by atoms with Crippen molar-refractivity contribution in [3.63, 3.8) is 0 Å². The van der Waals surface area contributed by atoms with Gasteiger partial charge in [-0.1, -0.05) is 12.1 Å². The number of phenolic OH excluding ortho intramolecular Hbond substituents is 1. The van der Waals surface area contributed by atoms with E-state index in [1.54, 1.807) is 0 Å². The van der Waals surface area contributed by atoms with E-state index in [0.29, 0.717) is 5.75 Å². The molecule has 0 aromatic heterocycles. The maximum atomic E-state index is 12.0. The number of nitrogens with one attached hydrogen (secondary N) is 1. The number of nitro benzene ring substituents is 1. The van der Waals surface area contributed by atoms with E-state index < -0.39 is 10.8 Å². The lowest BCUT2D eigenvalue weighted by Crippen LogP contribution is -2.25. The summed E-state index contributed by atoms with van der Waals surface area (Å²) < 4.78 is 10.5. The Morgan fingerprint density at radius 1 is 1.29 bits per heavy atom. The van der Waals surface area contributed by atoms with Gasteiger partial charge in [-0.2, -0.15) is 5.10 Å². The summed E-state index contributed by atoms with van der Waals surface area (Å²) in [6, 6.07) is 6.09. The average Bonchev–Trinajstić information content (AvgIpc) is 2.66. The van der Waals surface area contributed by atoms with Crippen molar-refractivity contribution in [3.05, 3.63) is 56.6 Å². The fourth-order valence-corrected chi connectivity index (χ4v) is 2.47. The molecule has 9 nitrogen and oxygen atoms in total. The molecule has 2 aromatic rings. The highest BCUT2D eigenvalue weighted by molar-refractivity contribution is 5.87. The second-order valence-electron chi connectivity index (χ2n) is 6.08. The molecule has 0 aliphatic rings. The molecule has 2 rings (SSSR count). The molecule has 0 heterocycles. The highest BCUT2D eigenvalue weighted by Gasteiger charge is 2.16. The van der Waals surface area contributed by atoms with Crippen LogP contribution < -0.4 is 14.9 Å². The van der Waals surface area contributed by atoms with Crippen molar-refractivity contribution in [1.29, 1.82) is 0 Å². The first-order valence-corrected chi connectivity index (χ1v) is 8.31. The lowest BCUT2D eigenvalue weighted by molar-refractivity contribution is -0.385. The summed E-state index contributed by atoms with van der Waals surface area (Å²) in [7, 11) is 1.27. The van der Waals surface area contributed by atoms with E-state index in [2.05, 4.69) is 10.5 Å². The van der Waals surface area contributed by atoms with Gasteiger partial charge in [0.2, 0.25) is 0 Å². The number of aromatic hydroxyl groups is 1. The minimum atomic E-state index is -0.627. The number of benzene rings is 2. The number of amides is 1. The van der Waals surface area contributed by atoms with Gasteiger partial charge in [0, 0.05) is 11.6 Å². The smallest absolute Gasteiger partial charge is 0.277 e. The van der Waals surface area contributed by atoms with E-state index >= 15 is 0 Å². The highest BCUT2D eigenvalue weighted by atomic mass is 16.6. The highest BCUT2D eigenvalue weighted by Crippen LogP contribution is 2.33. The monoisotopic (exact) mass is 387 g/mol. The number of hydrogen-bond acceptors (Lipinski definition) is 7. The van der Waals surface area contributed by atoms with Crippen molar-refractivity contribution in [1.82, 2.24) is 5.43 Å². The minimum Gasteiger partial charge on any atom is -0.504 e. The third kappa shape index (κ3) is 4.76. The Kier molecular flexibility index (Phi) is 6.54. The molecule has 1 amide bonds. The van der Waals surface area contributed by atoms with Gasteiger partial charge in [0.15, 0.2) is 18.1 Å². The van der Waals surface area contributed by atoms with Gasteiger partial charge < -0.3 is 14.6 Å². The van der Waals surface area contributed by atoms with Gasteiger partial charge in [-0.05, 0) is 37.5 Å². The van der Waals surface area contributed by atoms with Gasteiger partial charge in [-0.15, -0.1) is 0 Å². The van der Waals surface area contributed by atoms with Crippen LogP contribution in [0.3, 0.4) is 0 Å². The predicted octanol–water partition coefficient (Wildman–Crippen LogP) is 2.76. The third-order valence-corrected chi connectivity index (χ3v) is 4.13. The van der Waals surface area contributed by atoms with Crippen molar-refractivity contribution < 1.29 is 24.3 Å². The molecule has 0 aliphatic heterocycles. The summed E-state index contributed by atoms with van der Waals surface area (Å²) in [4.78, 5) is 22.3. The SMILES string of the molecule is COc1cc([N+](=O)[O-])cc(C=NNC(=O)COc2c(C)ccc(C)c2C)c1O. The maximum Gasteiger partial charge on any atom is 0.277 e. The molecule has 28 heavy (non-hydrogen) atoms. The minimum absolute atomic E-state index is 0.0256. The summed E-state index contributed by atoms with van der Waals surface area (Å²) in [5, 5.41) is 24.7. The summed E-state index contributed by atoms with van der Waals surface area (Å²) in [6.07, 6.45) is 1.09. The quantitative estimate of drug-likeness (QED) is 0.428. The summed E-state index contributed by atoms with van der Waals surface area (Å²) in [5.74, 6) is -0.280. The summed E-state index contributed by atoms with van der Waals surface area (Å²) >= 11 is 0. The Morgan fingerprint density at radius 2 is 1.96 bits per heavy atom. The molecular formula is C19H21N3O6. The first-order valence-electron chi connectivity index (χ1n) is 8.31. The van der Waals surface area contributed by atoms with Crippen LogP contribution in [-0.4, -0.2) is 35.9 Å². The maximum absolute atomic E-state index is 12.0. The number of nitrogens with zero attached hydrogens (tertiary/aromatic N) is 2. The molecule has 0 unspecified atom stereocenters. The van der Waals surface area contributed by atoms with Crippen molar-refractivity contribution in [2.45, 2.75) is 20.8 Å². The predicted molar refractivity (Wildman–Crippen MR) is 103 cm³/mol. The first kappa shape index (κ1) is 20.7. The van der Waals surface area contributed by atoms with Gasteiger partial charge in [0.1, 0.15) is 5.75 Å². The Balaban J connectivity index is 2.05. The lowest BCUT2D eigenvalue weighted by Gasteiger charge is -2.13. The molecule has 0 aliphatic carbocycles. The number of carbonyl (C=O) groups excluding carboxylic acids is 1. The molecule has 0 radical (unpaired) electrons.